The molecule has 0 bridgehead atoms. The first-order valence-electron chi connectivity index (χ1n) is 6.88. The van der Waals surface area contributed by atoms with E-state index in [-0.39, 0.29) is 5.71 Å². The standard InChI is InChI=1S/C16H10ClN7/c1-10-6-15-16(7-14(10)21-20-12(8-18)9-19)23-24(22-15)13-4-2-11(17)3-5-13/h2-7,21H,1H3. The minimum Gasteiger partial charge on any atom is -0.276 e. The summed E-state index contributed by atoms with van der Waals surface area (Å²) in [5, 5.41) is 30.7. The Bertz CT molecular complexity index is 1000. The minimum atomic E-state index is -0.251. The Morgan fingerprint density at radius 3 is 2.38 bits per heavy atom. The lowest BCUT2D eigenvalue weighted by Gasteiger charge is -2.03. The number of rotatable bonds is 3. The van der Waals surface area contributed by atoms with Crippen molar-refractivity contribution >= 4 is 34.0 Å². The Morgan fingerprint density at radius 1 is 1.12 bits per heavy atom. The predicted octanol–water partition coefficient (Wildman–Crippen LogP) is 3.20. The van der Waals surface area contributed by atoms with Gasteiger partial charge in [-0.2, -0.15) is 20.4 Å². The number of aryl methyl sites for hydroxylation is 1. The number of aromatic nitrogens is 3. The summed E-state index contributed by atoms with van der Waals surface area (Å²) in [7, 11) is 0. The van der Waals surface area contributed by atoms with Crippen molar-refractivity contribution in [1.29, 1.82) is 10.5 Å². The molecule has 0 saturated heterocycles. The molecule has 1 aromatic heterocycles. The molecule has 3 rings (SSSR count). The summed E-state index contributed by atoms with van der Waals surface area (Å²) in [4.78, 5) is 1.52. The van der Waals surface area contributed by atoms with Gasteiger partial charge in [0.2, 0.25) is 5.71 Å². The van der Waals surface area contributed by atoms with E-state index in [1.807, 2.05) is 25.1 Å². The van der Waals surface area contributed by atoms with Crippen molar-refractivity contribution < 1.29 is 0 Å². The van der Waals surface area contributed by atoms with E-state index in [4.69, 9.17) is 22.1 Å². The Hall–Kier alpha value is -3.42. The van der Waals surface area contributed by atoms with Crippen LogP contribution in [0.2, 0.25) is 5.02 Å². The molecular formula is C16H10ClN7. The van der Waals surface area contributed by atoms with Crippen LogP contribution in [0.15, 0.2) is 41.5 Å². The molecular weight excluding hydrogens is 326 g/mol. The number of hydrazone groups is 1. The fraction of sp³-hybridized carbons (Fsp3) is 0.0625. The zero-order chi connectivity index (χ0) is 17.1. The SMILES string of the molecule is Cc1cc2nn(-c3ccc(Cl)cc3)nc2cc1NN=C(C#N)C#N. The van der Waals surface area contributed by atoms with Crippen molar-refractivity contribution in [3.05, 3.63) is 47.0 Å². The predicted molar refractivity (Wildman–Crippen MR) is 90.9 cm³/mol. The van der Waals surface area contributed by atoms with Crippen molar-refractivity contribution in [3.8, 4) is 17.8 Å². The van der Waals surface area contributed by atoms with E-state index < -0.39 is 0 Å². The molecule has 7 nitrogen and oxygen atoms in total. The Kier molecular flexibility index (Phi) is 4.11. The van der Waals surface area contributed by atoms with Gasteiger partial charge >= 0.3 is 0 Å². The van der Waals surface area contributed by atoms with E-state index >= 15 is 0 Å². The van der Waals surface area contributed by atoms with Crippen LogP contribution in [0.25, 0.3) is 16.7 Å². The molecule has 0 unspecified atom stereocenters. The third-order valence-electron chi connectivity index (χ3n) is 3.28. The van der Waals surface area contributed by atoms with Gasteiger partial charge in [-0.25, -0.2) is 0 Å². The highest BCUT2D eigenvalue weighted by Crippen LogP contribution is 2.22. The molecule has 0 aliphatic carbocycles. The van der Waals surface area contributed by atoms with Gasteiger partial charge in [0.25, 0.3) is 0 Å². The van der Waals surface area contributed by atoms with Gasteiger partial charge in [-0.05, 0) is 48.9 Å². The van der Waals surface area contributed by atoms with Crippen molar-refractivity contribution in [2.75, 3.05) is 5.43 Å². The number of hydrogen-bond acceptors (Lipinski definition) is 6. The lowest BCUT2D eigenvalue weighted by Crippen LogP contribution is -1.98. The van der Waals surface area contributed by atoms with E-state index in [1.165, 1.54) is 4.80 Å². The molecule has 2 aromatic carbocycles. The lowest BCUT2D eigenvalue weighted by atomic mass is 10.2. The van der Waals surface area contributed by atoms with Crippen molar-refractivity contribution in [1.82, 2.24) is 15.0 Å². The lowest BCUT2D eigenvalue weighted by molar-refractivity contribution is 0.766. The summed E-state index contributed by atoms with van der Waals surface area (Å²) >= 11 is 5.89. The van der Waals surface area contributed by atoms with Gasteiger partial charge in [0.05, 0.1) is 11.4 Å². The molecule has 24 heavy (non-hydrogen) atoms. The van der Waals surface area contributed by atoms with Crippen molar-refractivity contribution in [2.45, 2.75) is 6.92 Å². The summed E-state index contributed by atoms with van der Waals surface area (Å²) < 4.78 is 0. The van der Waals surface area contributed by atoms with Crippen LogP contribution in [0.3, 0.4) is 0 Å². The maximum absolute atomic E-state index is 8.72. The molecule has 1 heterocycles. The second-order valence-electron chi connectivity index (χ2n) is 4.92. The van der Waals surface area contributed by atoms with Gasteiger partial charge in [-0.15, -0.1) is 10.2 Å². The topological polar surface area (TPSA) is 103 Å². The minimum absolute atomic E-state index is 0.251. The summed E-state index contributed by atoms with van der Waals surface area (Å²) in [5.41, 5.74) is 6.14. The van der Waals surface area contributed by atoms with E-state index in [0.29, 0.717) is 16.2 Å². The first-order chi connectivity index (χ1) is 11.6. The number of nitriles is 2. The maximum atomic E-state index is 8.72. The molecule has 1 N–H and O–H groups in total. The molecule has 0 atom stereocenters. The van der Waals surface area contributed by atoms with E-state index in [2.05, 4.69) is 20.7 Å². The van der Waals surface area contributed by atoms with E-state index in [1.54, 1.807) is 30.3 Å². The van der Waals surface area contributed by atoms with Gasteiger partial charge in [0.1, 0.15) is 23.2 Å². The normalized spacial score (nSPS) is 10.0. The fourth-order valence-corrected chi connectivity index (χ4v) is 2.20. The van der Waals surface area contributed by atoms with Gasteiger partial charge in [0, 0.05) is 5.02 Å². The first-order valence-corrected chi connectivity index (χ1v) is 7.26. The molecule has 0 aliphatic heterocycles. The number of nitrogens with zero attached hydrogens (tertiary/aromatic N) is 6. The van der Waals surface area contributed by atoms with Gasteiger partial charge in [-0.3, -0.25) is 5.43 Å². The zero-order valence-corrected chi connectivity index (χ0v) is 13.3. The van der Waals surface area contributed by atoms with E-state index in [0.717, 1.165) is 16.8 Å². The zero-order valence-electron chi connectivity index (χ0n) is 12.5. The highest BCUT2D eigenvalue weighted by Gasteiger charge is 2.08. The molecule has 0 radical (unpaired) electrons. The van der Waals surface area contributed by atoms with Crippen molar-refractivity contribution in [2.24, 2.45) is 5.10 Å². The van der Waals surface area contributed by atoms with Crippen LogP contribution in [0.1, 0.15) is 5.56 Å². The number of benzene rings is 2. The van der Waals surface area contributed by atoms with Gasteiger partial charge in [0.15, 0.2) is 0 Å². The van der Waals surface area contributed by atoms with Crippen LogP contribution in [0, 0.1) is 29.6 Å². The highest BCUT2D eigenvalue weighted by atomic mass is 35.5. The smallest absolute Gasteiger partial charge is 0.237 e. The summed E-state index contributed by atoms with van der Waals surface area (Å²) in [6.07, 6.45) is 0. The number of anilines is 1. The second-order valence-corrected chi connectivity index (χ2v) is 5.35. The Labute approximate surface area is 142 Å². The van der Waals surface area contributed by atoms with Crippen LogP contribution < -0.4 is 5.43 Å². The molecule has 0 spiro atoms. The number of nitrogens with one attached hydrogen (secondary N) is 1. The average Bonchev–Trinajstić information content (AvgIpc) is 2.99. The molecule has 0 fully saturated rings. The number of fused-ring (bicyclic) bond motifs is 1. The third kappa shape index (κ3) is 3.02. The molecule has 116 valence electrons. The summed E-state index contributed by atoms with van der Waals surface area (Å²) in [5.74, 6) is 0. The molecule has 3 aromatic rings. The average molecular weight is 336 g/mol. The van der Waals surface area contributed by atoms with Crippen LogP contribution in [0.4, 0.5) is 5.69 Å². The third-order valence-corrected chi connectivity index (χ3v) is 3.54. The van der Waals surface area contributed by atoms with Crippen molar-refractivity contribution in [3.63, 3.8) is 0 Å². The van der Waals surface area contributed by atoms with Crippen LogP contribution in [-0.4, -0.2) is 20.7 Å². The maximum Gasteiger partial charge on any atom is 0.237 e. The number of hydrogen-bond donors (Lipinski definition) is 1. The van der Waals surface area contributed by atoms with Gasteiger partial charge < -0.3 is 0 Å². The summed E-state index contributed by atoms with van der Waals surface area (Å²) in [6, 6.07) is 14.2. The van der Waals surface area contributed by atoms with Crippen LogP contribution in [0.5, 0.6) is 0 Å². The summed E-state index contributed by atoms with van der Waals surface area (Å²) in [6.45, 7) is 1.87. The largest absolute Gasteiger partial charge is 0.276 e. The Morgan fingerprint density at radius 2 is 1.75 bits per heavy atom. The number of halogens is 1. The quantitative estimate of drug-likeness (QED) is 0.584. The second kappa shape index (κ2) is 6.37. The van der Waals surface area contributed by atoms with Crippen LogP contribution in [-0.2, 0) is 0 Å². The molecule has 0 saturated carbocycles. The molecule has 0 aliphatic rings. The Balaban J connectivity index is 1.99. The highest BCUT2D eigenvalue weighted by molar-refractivity contribution is 6.30. The first kappa shape index (κ1) is 15.5. The fourth-order valence-electron chi connectivity index (χ4n) is 2.07. The van der Waals surface area contributed by atoms with Gasteiger partial charge in [-0.1, -0.05) is 11.6 Å². The monoisotopic (exact) mass is 335 g/mol. The molecule has 8 heteroatoms. The van der Waals surface area contributed by atoms with Crippen LogP contribution >= 0.6 is 11.6 Å². The van der Waals surface area contributed by atoms with E-state index in [9.17, 15) is 0 Å². The molecule has 0 amide bonds.